The molecule has 0 aromatic heterocycles. The number of nitrogens with zero attached hydrogens (tertiary/aromatic N) is 1. The highest BCUT2D eigenvalue weighted by Gasteiger charge is 2.12. The molecule has 0 aliphatic carbocycles. The maximum atomic E-state index is 8.69. The predicted octanol–water partition coefficient (Wildman–Crippen LogP) is 2.07. The molecular formula is C14H18N2O. The molecule has 2 rings (SSSR count). The Morgan fingerprint density at radius 2 is 1.94 bits per heavy atom. The van der Waals surface area contributed by atoms with Crippen molar-refractivity contribution >= 4 is 0 Å². The molecule has 0 unspecified atom stereocenters. The van der Waals surface area contributed by atoms with E-state index in [1.807, 2.05) is 24.3 Å². The highest BCUT2D eigenvalue weighted by Crippen LogP contribution is 2.13. The SMILES string of the molecule is N#Cc1ccc(COCC2CCNCC2)cc1. The molecule has 90 valence electrons. The Kier molecular flexibility index (Phi) is 4.54. The quantitative estimate of drug-likeness (QED) is 0.861. The van der Waals surface area contributed by atoms with Crippen molar-refractivity contribution in [3.05, 3.63) is 35.4 Å². The van der Waals surface area contributed by atoms with E-state index in [9.17, 15) is 0 Å². The lowest BCUT2D eigenvalue weighted by atomic mass is 9.99. The van der Waals surface area contributed by atoms with Crippen LogP contribution in [0.1, 0.15) is 24.0 Å². The molecule has 1 aromatic carbocycles. The van der Waals surface area contributed by atoms with Gasteiger partial charge in [0.05, 0.1) is 18.2 Å². The van der Waals surface area contributed by atoms with Crippen LogP contribution >= 0.6 is 0 Å². The van der Waals surface area contributed by atoms with Gasteiger partial charge in [-0.15, -0.1) is 0 Å². The van der Waals surface area contributed by atoms with Gasteiger partial charge in [0.25, 0.3) is 0 Å². The number of hydrogen-bond donors (Lipinski definition) is 1. The molecule has 3 heteroatoms. The summed E-state index contributed by atoms with van der Waals surface area (Å²) >= 11 is 0. The van der Waals surface area contributed by atoms with Crippen LogP contribution in [-0.2, 0) is 11.3 Å². The van der Waals surface area contributed by atoms with Gasteiger partial charge >= 0.3 is 0 Å². The fourth-order valence-electron chi connectivity index (χ4n) is 2.07. The van der Waals surface area contributed by atoms with E-state index in [1.165, 1.54) is 12.8 Å². The number of rotatable bonds is 4. The van der Waals surface area contributed by atoms with Gasteiger partial charge in [-0.3, -0.25) is 0 Å². The molecule has 3 nitrogen and oxygen atoms in total. The van der Waals surface area contributed by atoms with Crippen LogP contribution in [0.4, 0.5) is 0 Å². The van der Waals surface area contributed by atoms with Crippen LogP contribution < -0.4 is 5.32 Å². The first kappa shape index (κ1) is 12.1. The Morgan fingerprint density at radius 1 is 1.24 bits per heavy atom. The minimum absolute atomic E-state index is 0.648. The van der Waals surface area contributed by atoms with Crippen LogP contribution in [0, 0.1) is 17.2 Å². The summed E-state index contributed by atoms with van der Waals surface area (Å²) in [4.78, 5) is 0. The summed E-state index contributed by atoms with van der Waals surface area (Å²) in [7, 11) is 0. The van der Waals surface area contributed by atoms with E-state index >= 15 is 0 Å². The minimum atomic E-state index is 0.648. The number of hydrogen-bond acceptors (Lipinski definition) is 3. The number of benzene rings is 1. The molecule has 1 heterocycles. The van der Waals surface area contributed by atoms with Crippen LogP contribution in [0.5, 0.6) is 0 Å². The highest BCUT2D eigenvalue weighted by molar-refractivity contribution is 5.31. The van der Waals surface area contributed by atoms with E-state index in [2.05, 4.69) is 11.4 Å². The van der Waals surface area contributed by atoms with E-state index in [0.717, 1.165) is 25.3 Å². The number of nitrogens with one attached hydrogen (secondary N) is 1. The third-order valence-electron chi connectivity index (χ3n) is 3.16. The second kappa shape index (κ2) is 6.39. The molecule has 1 saturated heterocycles. The molecule has 0 radical (unpaired) electrons. The fourth-order valence-corrected chi connectivity index (χ4v) is 2.07. The van der Waals surface area contributed by atoms with E-state index in [-0.39, 0.29) is 0 Å². The summed E-state index contributed by atoms with van der Waals surface area (Å²) in [5.41, 5.74) is 1.84. The zero-order chi connectivity index (χ0) is 11.9. The van der Waals surface area contributed by atoms with Crippen molar-refractivity contribution in [1.29, 1.82) is 5.26 Å². The van der Waals surface area contributed by atoms with Gasteiger partial charge in [0, 0.05) is 6.61 Å². The lowest BCUT2D eigenvalue weighted by Gasteiger charge is -2.22. The van der Waals surface area contributed by atoms with Crippen LogP contribution in [0.15, 0.2) is 24.3 Å². The van der Waals surface area contributed by atoms with Gasteiger partial charge in [-0.05, 0) is 49.5 Å². The molecule has 0 amide bonds. The standard InChI is InChI=1S/C14H18N2O/c15-9-12-1-3-13(4-2-12)10-17-11-14-5-7-16-8-6-14/h1-4,14,16H,5-8,10-11H2. The molecule has 1 aliphatic rings. The van der Waals surface area contributed by atoms with E-state index < -0.39 is 0 Å². The Hall–Kier alpha value is -1.37. The van der Waals surface area contributed by atoms with Crippen molar-refractivity contribution < 1.29 is 4.74 Å². The first-order valence-electron chi connectivity index (χ1n) is 6.16. The van der Waals surface area contributed by atoms with E-state index in [1.54, 1.807) is 0 Å². The Morgan fingerprint density at radius 3 is 2.59 bits per heavy atom. The third kappa shape index (κ3) is 3.85. The van der Waals surface area contributed by atoms with Gasteiger partial charge in [-0.25, -0.2) is 0 Å². The maximum absolute atomic E-state index is 8.69. The lowest BCUT2D eigenvalue weighted by molar-refractivity contribution is 0.0763. The van der Waals surface area contributed by atoms with E-state index in [0.29, 0.717) is 18.1 Å². The molecule has 1 N–H and O–H groups in total. The Balaban J connectivity index is 1.72. The molecule has 0 bridgehead atoms. The average molecular weight is 230 g/mol. The van der Waals surface area contributed by atoms with Crippen LogP contribution in [0.25, 0.3) is 0 Å². The van der Waals surface area contributed by atoms with Crippen molar-refractivity contribution in [3.63, 3.8) is 0 Å². The number of nitriles is 1. The van der Waals surface area contributed by atoms with Gasteiger partial charge in [0.2, 0.25) is 0 Å². The summed E-state index contributed by atoms with van der Waals surface area (Å²) in [6.07, 6.45) is 2.43. The lowest BCUT2D eigenvalue weighted by Crippen LogP contribution is -2.29. The van der Waals surface area contributed by atoms with Crippen molar-refractivity contribution in [2.24, 2.45) is 5.92 Å². The first-order chi connectivity index (χ1) is 8.38. The molecule has 17 heavy (non-hydrogen) atoms. The minimum Gasteiger partial charge on any atom is -0.376 e. The molecule has 1 aliphatic heterocycles. The second-order valence-corrected chi connectivity index (χ2v) is 4.52. The zero-order valence-corrected chi connectivity index (χ0v) is 9.98. The Bertz CT molecular complexity index is 374. The van der Waals surface area contributed by atoms with Crippen molar-refractivity contribution in [1.82, 2.24) is 5.32 Å². The van der Waals surface area contributed by atoms with Gasteiger partial charge < -0.3 is 10.1 Å². The van der Waals surface area contributed by atoms with Gasteiger partial charge in [-0.1, -0.05) is 12.1 Å². The van der Waals surface area contributed by atoms with Crippen molar-refractivity contribution in [3.8, 4) is 6.07 Å². The smallest absolute Gasteiger partial charge is 0.0991 e. The maximum Gasteiger partial charge on any atom is 0.0991 e. The zero-order valence-electron chi connectivity index (χ0n) is 9.98. The number of piperidine rings is 1. The molecule has 0 atom stereocenters. The third-order valence-corrected chi connectivity index (χ3v) is 3.16. The monoisotopic (exact) mass is 230 g/mol. The van der Waals surface area contributed by atoms with Gasteiger partial charge in [0.15, 0.2) is 0 Å². The average Bonchev–Trinajstić information content (AvgIpc) is 2.41. The molecular weight excluding hydrogens is 212 g/mol. The molecule has 1 aromatic rings. The van der Waals surface area contributed by atoms with Crippen LogP contribution in [0.2, 0.25) is 0 Å². The van der Waals surface area contributed by atoms with Crippen LogP contribution in [-0.4, -0.2) is 19.7 Å². The predicted molar refractivity (Wildman–Crippen MR) is 66.4 cm³/mol. The fraction of sp³-hybridized carbons (Fsp3) is 0.500. The van der Waals surface area contributed by atoms with Gasteiger partial charge in [-0.2, -0.15) is 5.26 Å². The van der Waals surface area contributed by atoms with Gasteiger partial charge in [0.1, 0.15) is 0 Å². The van der Waals surface area contributed by atoms with Crippen LogP contribution in [0.3, 0.4) is 0 Å². The second-order valence-electron chi connectivity index (χ2n) is 4.52. The summed E-state index contributed by atoms with van der Waals surface area (Å²) in [6, 6.07) is 9.71. The van der Waals surface area contributed by atoms with E-state index in [4.69, 9.17) is 10.00 Å². The summed E-state index contributed by atoms with van der Waals surface area (Å²) in [6.45, 7) is 3.73. The molecule has 1 fully saturated rings. The molecule has 0 saturated carbocycles. The van der Waals surface area contributed by atoms with Crippen molar-refractivity contribution in [2.75, 3.05) is 19.7 Å². The first-order valence-corrected chi connectivity index (χ1v) is 6.16. The summed E-state index contributed by atoms with van der Waals surface area (Å²) in [5, 5.41) is 12.0. The number of ether oxygens (including phenoxy) is 1. The summed E-state index contributed by atoms with van der Waals surface area (Å²) in [5.74, 6) is 0.703. The highest BCUT2D eigenvalue weighted by atomic mass is 16.5. The largest absolute Gasteiger partial charge is 0.376 e. The molecule has 0 spiro atoms. The summed E-state index contributed by atoms with van der Waals surface area (Å²) < 4.78 is 5.72. The topological polar surface area (TPSA) is 45.0 Å². The van der Waals surface area contributed by atoms with Crippen molar-refractivity contribution in [2.45, 2.75) is 19.4 Å². The normalized spacial score (nSPS) is 16.6. The Labute approximate surface area is 102 Å².